The Morgan fingerprint density at radius 3 is 2.85 bits per heavy atom. The van der Waals surface area contributed by atoms with Crippen LogP contribution in [-0.4, -0.2) is 11.9 Å². The average molecular weight is 292 g/mol. The zero-order valence-corrected chi connectivity index (χ0v) is 11.5. The number of rotatable bonds is 4. The molecule has 2 aromatic carbocycles. The Morgan fingerprint density at radius 1 is 1.15 bits per heavy atom. The Bertz CT molecular complexity index is 631. The standard InChI is InChI=1S/C15H14ClNO3/c16-12-5-10(6-14-15(12)20-9-19-14)7-17-8-11-3-1-2-4-13(11)18/h1-6,17-18H,7-9H2. The van der Waals surface area contributed by atoms with Crippen molar-refractivity contribution in [2.24, 2.45) is 0 Å². The van der Waals surface area contributed by atoms with Crippen LogP contribution in [0.5, 0.6) is 17.2 Å². The Morgan fingerprint density at radius 2 is 2.00 bits per heavy atom. The second-order valence-corrected chi connectivity index (χ2v) is 4.95. The molecule has 0 saturated heterocycles. The number of para-hydroxylation sites is 1. The number of nitrogens with one attached hydrogen (secondary N) is 1. The minimum absolute atomic E-state index is 0.212. The van der Waals surface area contributed by atoms with Gasteiger partial charge in [0, 0.05) is 18.7 Å². The van der Waals surface area contributed by atoms with Gasteiger partial charge in [-0.15, -0.1) is 0 Å². The lowest BCUT2D eigenvalue weighted by molar-refractivity contribution is 0.174. The van der Waals surface area contributed by atoms with E-state index < -0.39 is 0 Å². The molecule has 1 heterocycles. The molecule has 2 aromatic rings. The van der Waals surface area contributed by atoms with Crippen molar-refractivity contribution in [1.29, 1.82) is 0 Å². The van der Waals surface area contributed by atoms with E-state index in [-0.39, 0.29) is 6.79 Å². The smallest absolute Gasteiger partial charge is 0.231 e. The molecule has 20 heavy (non-hydrogen) atoms. The van der Waals surface area contributed by atoms with Crippen LogP contribution in [0.3, 0.4) is 0 Å². The first-order valence-corrected chi connectivity index (χ1v) is 6.67. The van der Waals surface area contributed by atoms with Gasteiger partial charge in [0.2, 0.25) is 6.79 Å². The van der Waals surface area contributed by atoms with Crippen molar-refractivity contribution in [2.45, 2.75) is 13.1 Å². The Kier molecular flexibility index (Phi) is 3.67. The molecule has 0 bridgehead atoms. The number of halogens is 1. The lowest BCUT2D eigenvalue weighted by atomic mass is 10.1. The second kappa shape index (κ2) is 5.61. The average Bonchev–Trinajstić information content (AvgIpc) is 2.90. The van der Waals surface area contributed by atoms with Gasteiger partial charge in [-0.25, -0.2) is 0 Å². The number of phenols is 1. The summed E-state index contributed by atoms with van der Waals surface area (Å²) in [5, 5.41) is 13.5. The van der Waals surface area contributed by atoms with Crippen molar-refractivity contribution in [3.8, 4) is 17.2 Å². The molecule has 0 spiro atoms. The Labute approximate surface area is 121 Å². The summed E-state index contributed by atoms with van der Waals surface area (Å²) in [5.41, 5.74) is 1.87. The quantitative estimate of drug-likeness (QED) is 0.909. The predicted octanol–water partition coefficient (Wildman–Crippen LogP) is 3.06. The number of aromatic hydroxyl groups is 1. The molecule has 2 N–H and O–H groups in total. The molecule has 4 nitrogen and oxygen atoms in total. The molecule has 0 aromatic heterocycles. The highest BCUT2D eigenvalue weighted by Gasteiger charge is 2.18. The monoisotopic (exact) mass is 291 g/mol. The first-order chi connectivity index (χ1) is 9.74. The van der Waals surface area contributed by atoms with Crippen LogP contribution in [0.4, 0.5) is 0 Å². The minimum Gasteiger partial charge on any atom is -0.508 e. The Balaban J connectivity index is 1.65. The molecule has 0 amide bonds. The van der Waals surface area contributed by atoms with E-state index in [0.29, 0.717) is 35.4 Å². The van der Waals surface area contributed by atoms with Gasteiger partial charge in [-0.05, 0) is 23.8 Å². The van der Waals surface area contributed by atoms with Crippen molar-refractivity contribution in [3.63, 3.8) is 0 Å². The number of phenolic OH excluding ortho intramolecular Hbond substituents is 1. The van der Waals surface area contributed by atoms with Crippen LogP contribution < -0.4 is 14.8 Å². The fraction of sp³-hybridized carbons (Fsp3) is 0.200. The van der Waals surface area contributed by atoms with E-state index in [1.54, 1.807) is 12.1 Å². The van der Waals surface area contributed by atoms with Gasteiger partial charge in [0.05, 0.1) is 5.02 Å². The highest BCUT2D eigenvalue weighted by atomic mass is 35.5. The lowest BCUT2D eigenvalue weighted by Crippen LogP contribution is -2.12. The fourth-order valence-corrected chi connectivity index (χ4v) is 2.41. The number of hydrogen-bond donors (Lipinski definition) is 2. The van der Waals surface area contributed by atoms with Crippen LogP contribution in [0.15, 0.2) is 36.4 Å². The molecule has 3 rings (SSSR count). The lowest BCUT2D eigenvalue weighted by Gasteiger charge is -2.08. The van der Waals surface area contributed by atoms with E-state index in [4.69, 9.17) is 21.1 Å². The number of benzene rings is 2. The summed E-state index contributed by atoms with van der Waals surface area (Å²) in [6.45, 7) is 1.42. The van der Waals surface area contributed by atoms with E-state index in [1.807, 2.05) is 24.3 Å². The predicted molar refractivity (Wildman–Crippen MR) is 76.2 cm³/mol. The minimum atomic E-state index is 0.212. The van der Waals surface area contributed by atoms with Gasteiger partial charge >= 0.3 is 0 Å². The van der Waals surface area contributed by atoms with Crippen LogP contribution >= 0.6 is 11.6 Å². The van der Waals surface area contributed by atoms with E-state index in [9.17, 15) is 5.11 Å². The number of fused-ring (bicyclic) bond motifs is 1. The summed E-state index contributed by atoms with van der Waals surface area (Å²) in [5.74, 6) is 1.58. The van der Waals surface area contributed by atoms with Crippen LogP contribution in [0, 0.1) is 0 Å². The van der Waals surface area contributed by atoms with Crippen LogP contribution in [0.25, 0.3) is 0 Å². The molecule has 0 aliphatic carbocycles. The molecule has 104 valence electrons. The second-order valence-electron chi connectivity index (χ2n) is 4.54. The third-order valence-electron chi connectivity index (χ3n) is 3.12. The van der Waals surface area contributed by atoms with E-state index in [0.717, 1.165) is 11.1 Å². The van der Waals surface area contributed by atoms with Gasteiger partial charge in [0.15, 0.2) is 11.5 Å². The maximum Gasteiger partial charge on any atom is 0.231 e. The largest absolute Gasteiger partial charge is 0.508 e. The molecule has 5 heteroatoms. The van der Waals surface area contributed by atoms with Crippen molar-refractivity contribution < 1.29 is 14.6 Å². The van der Waals surface area contributed by atoms with Crippen LogP contribution in [0.2, 0.25) is 5.02 Å². The van der Waals surface area contributed by atoms with Gasteiger partial charge < -0.3 is 19.9 Å². The fourth-order valence-electron chi connectivity index (χ4n) is 2.12. The third kappa shape index (κ3) is 2.66. The molecule has 1 aliphatic heterocycles. The van der Waals surface area contributed by atoms with Crippen molar-refractivity contribution in [2.75, 3.05) is 6.79 Å². The van der Waals surface area contributed by atoms with Crippen LogP contribution in [-0.2, 0) is 13.1 Å². The zero-order valence-electron chi connectivity index (χ0n) is 10.7. The van der Waals surface area contributed by atoms with Gasteiger partial charge in [0.1, 0.15) is 5.75 Å². The Hall–Kier alpha value is -1.91. The molecule has 1 aliphatic rings. The molecule has 0 saturated carbocycles. The molecule has 0 fully saturated rings. The van der Waals surface area contributed by atoms with Gasteiger partial charge in [-0.1, -0.05) is 29.8 Å². The summed E-state index contributed by atoms with van der Waals surface area (Å²) in [4.78, 5) is 0. The highest BCUT2D eigenvalue weighted by Crippen LogP contribution is 2.39. The van der Waals surface area contributed by atoms with Crippen molar-refractivity contribution >= 4 is 11.6 Å². The maximum absolute atomic E-state index is 9.68. The van der Waals surface area contributed by atoms with Gasteiger partial charge in [-0.2, -0.15) is 0 Å². The highest BCUT2D eigenvalue weighted by molar-refractivity contribution is 6.32. The van der Waals surface area contributed by atoms with Crippen molar-refractivity contribution in [1.82, 2.24) is 5.32 Å². The van der Waals surface area contributed by atoms with E-state index in [1.165, 1.54) is 0 Å². The summed E-state index contributed by atoms with van der Waals surface area (Å²) in [7, 11) is 0. The molecule has 0 unspecified atom stereocenters. The molecular formula is C15H14ClNO3. The SMILES string of the molecule is Oc1ccccc1CNCc1cc(Cl)c2c(c1)OCO2. The summed E-state index contributed by atoms with van der Waals surface area (Å²) in [6, 6.07) is 11.0. The number of ether oxygens (including phenoxy) is 2. The zero-order chi connectivity index (χ0) is 13.9. The summed E-state index contributed by atoms with van der Waals surface area (Å²) in [6.07, 6.45) is 0. The first-order valence-electron chi connectivity index (χ1n) is 6.29. The van der Waals surface area contributed by atoms with Crippen LogP contribution in [0.1, 0.15) is 11.1 Å². The first kappa shape index (κ1) is 13.1. The van der Waals surface area contributed by atoms with E-state index >= 15 is 0 Å². The maximum atomic E-state index is 9.68. The van der Waals surface area contributed by atoms with Crippen molar-refractivity contribution in [3.05, 3.63) is 52.5 Å². The summed E-state index contributed by atoms with van der Waals surface area (Å²) < 4.78 is 10.6. The normalized spacial score (nSPS) is 12.7. The molecule has 0 atom stereocenters. The molecular weight excluding hydrogens is 278 g/mol. The van der Waals surface area contributed by atoms with E-state index in [2.05, 4.69) is 5.32 Å². The number of hydrogen-bond acceptors (Lipinski definition) is 4. The molecule has 0 radical (unpaired) electrons. The topological polar surface area (TPSA) is 50.7 Å². The van der Waals surface area contributed by atoms with Gasteiger partial charge in [-0.3, -0.25) is 0 Å². The summed E-state index contributed by atoms with van der Waals surface area (Å²) >= 11 is 6.12. The van der Waals surface area contributed by atoms with Gasteiger partial charge in [0.25, 0.3) is 0 Å². The third-order valence-corrected chi connectivity index (χ3v) is 3.40.